The van der Waals surface area contributed by atoms with E-state index in [1.54, 1.807) is 14.0 Å². The molecule has 4 unspecified atom stereocenters. The molecule has 0 aromatic heterocycles. The van der Waals surface area contributed by atoms with Crippen molar-refractivity contribution in [3.05, 3.63) is 0 Å². The molecule has 0 spiro atoms. The van der Waals surface area contributed by atoms with Crippen LogP contribution in [0.25, 0.3) is 0 Å². The van der Waals surface area contributed by atoms with E-state index in [2.05, 4.69) is 6.92 Å². The maximum atomic E-state index is 10.5. The molecule has 0 saturated heterocycles. The topological polar surface area (TPSA) is 49.7 Å². The Bertz CT molecular complexity index is 260. The second kappa shape index (κ2) is 3.19. The number of rotatable bonds is 1. The van der Waals surface area contributed by atoms with Gasteiger partial charge in [0, 0.05) is 26.4 Å². The zero-order chi connectivity index (χ0) is 11.3. The van der Waals surface area contributed by atoms with Crippen LogP contribution in [0.2, 0.25) is 0 Å². The molecular weight excluding hydrogens is 192 g/mol. The van der Waals surface area contributed by atoms with Crippen molar-refractivity contribution in [2.45, 2.75) is 62.8 Å². The average molecular weight is 214 g/mol. The molecule has 2 saturated carbocycles. The Labute approximate surface area is 91.4 Å². The Balaban J connectivity index is 2.30. The Hall–Kier alpha value is -0.120. The molecular formula is C12H22O3. The van der Waals surface area contributed by atoms with Gasteiger partial charge in [-0.3, -0.25) is 0 Å². The van der Waals surface area contributed by atoms with Gasteiger partial charge in [-0.15, -0.1) is 0 Å². The number of ether oxygens (including phenoxy) is 1. The van der Waals surface area contributed by atoms with Gasteiger partial charge in [0.05, 0.1) is 16.8 Å². The third-order valence-corrected chi connectivity index (χ3v) is 3.95. The molecule has 2 rings (SSSR count). The number of hydrogen-bond acceptors (Lipinski definition) is 3. The summed E-state index contributed by atoms with van der Waals surface area (Å²) >= 11 is 0. The minimum atomic E-state index is -0.789. The summed E-state index contributed by atoms with van der Waals surface area (Å²) < 4.78 is 5.60. The van der Waals surface area contributed by atoms with Gasteiger partial charge in [-0.25, -0.2) is 0 Å². The highest BCUT2D eigenvalue weighted by molar-refractivity contribution is 5.08. The van der Waals surface area contributed by atoms with E-state index < -0.39 is 11.2 Å². The zero-order valence-corrected chi connectivity index (χ0v) is 9.92. The van der Waals surface area contributed by atoms with E-state index in [4.69, 9.17) is 4.74 Å². The van der Waals surface area contributed by atoms with E-state index in [0.29, 0.717) is 25.2 Å². The predicted octanol–water partition coefficient (Wildman–Crippen LogP) is 1.47. The van der Waals surface area contributed by atoms with Gasteiger partial charge in [-0.1, -0.05) is 6.92 Å². The van der Waals surface area contributed by atoms with Crippen molar-refractivity contribution in [2.24, 2.45) is 5.92 Å². The zero-order valence-electron chi connectivity index (χ0n) is 9.92. The van der Waals surface area contributed by atoms with Crippen molar-refractivity contribution in [1.82, 2.24) is 0 Å². The number of fused-ring (bicyclic) bond motifs is 2. The smallest absolute Gasteiger partial charge is 0.0735 e. The van der Waals surface area contributed by atoms with Crippen molar-refractivity contribution in [3.8, 4) is 0 Å². The summed E-state index contributed by atoms with van der Waals surface area (Å²) in [4.78, 5) is 0. The first-order valence-electron chi connectivity index (χ1n) is 5.78. The number of methoxy groups -OCH3 is 1. The molecule has 2 fully saturated rings. The van der Waals surface area contributed by atoms with Crippen LogP contribution in [0.3, 0.4) is 0 Å². The molecule has 0 aliphatic heterocycles. The standard InChI is InChI=1S/C12H22O3/c1-9-4-11(14)6-10(2,13)7-12(5-9,8-11)15-3/h9,13-14H,4-8H2,1-3H3. The van der Waals surface area contributed by atoms with Crippen molar-refractivity contribution in [1.29, 1.82) is 0 Å². The average Bonchev–Trinajstić information content (AvgIpc) is 1.96. The van der Waals surface area contributed by atoms with Gasteiger partial charge in [0.1, 0.15) is 0 Å². The predicted molar refractivity (Wildman–Crippen MR) is 57.6 cm³/mol. The quantitative estimate of drug-likeness (QED) is 0.695. The normalized spacial score (nSPS) is 55.4. The Morgan fingerprint density at radius 1 is 1.13 bits per heavy atom. The van der Waals surface area contributed by atoms with Crippen LogP contribution in [0.1, 0.15) is 46.0 Å². The van der Waals surface area contributed by atoms with Gasteiger partial charge in [0.25, 0.3) is 0 Å². The van der Waals surface area contributed by atoms with Crippen LogP contribution < -0.4 is 0 Å². The van der Waals surface area contributed by atoms with Gasteiger partial charge < -0.3 is 14.9 Å². The van der Waals surface area contributed by atoms with Crippen LogP contribution in [0.5, 0.6) is 0 Å². The molecule has 3 nitrogen and oxygen atoms in total. The van der Waals surface area contributed by atoms with E-state index in [1.165, 1.54) is 0 Å². The second-order valence-electron chi connectivity index (χ2n) is 6.15. The lowest BCUT2D eigenvalue weighted by molar-refractivity contribution is -0.215. The Morgan fingerprint density at radius 2 is 1.80 bits per heavy atom. The van der Waals surface area contributed by atoms with E-state index in [-0.39, 0.29) is 5.60 Å². The first kappa shape index (κ1) is 11.4. The van der Waals surface area contributed by atoms with Gasteiger partial charge in [0.2, 0.25) is 0 Å². The summed E-state index contributed by atoms with van der Waals surface area (Å²) in [7, 11) is 1.69. The van der Waals surface area contributed by atoms with E-state index in [0.717, 1.165) is 12.8 Å². The van der Waals surface area contributed by atoms with Gasteiger partial charge in [-0.05, 0) is 25.7 Å². The molecule has 2 bridgehead atoms. The van der Waals surface area contributed by atoms with Crippen LogP contribution in [0.4, 0.5) is 0 Å². The van der Waals surface area contributed by atoms with E-state index in [9.17, 15) is 10.2 Å². The summed E-state index contributed by atoms with van der Waals surface area (Å²) in [5, 5.41) is 20.7. The largest absolute Gasteiger partial charge is 0.390 e. The van der Waals surface area contributed by atoms with Crippen molar-refractivity contribution in [2.75, 3.05) is 7.11 Å². The first-order valence-corrected chi connectivity index (χ1v) is 5.78. The summed E-state index contributed by atoms with van der Waals surface area (Å²) in [6.07, 6.45) is 3.53. The number of aliphatic hydroxyl groups is 2. The lowest BCUT2D eigenvalue weighted by Gasteiger charge is -2.55. The molecule has 0 radical (unpaired) electrons. The fraction of sp³-hybridized carbons (Fsp3) is 1.00. The highest BCUT2D eigenvalue weighted by atomic mass is 16.5. The van der Waals surface area contributed by atoms with Gasteiger partial charge in [-0.2, -0.15) is 0 Å². The minimum absolute atomic E-state index is 0.311. The minimum Gasteiger partial charge on any atom is -0.390 e. The summed E-state index contributed by atoms with van der Waals surface area (Å²) in [6.45, 7) is 3.96. The lowest BCUT2D eigenvalue weighted by Crippen LogP contribution is -2.60. The van der Waals surface area contributed by atoms with Crippen molar-refractivity contribution >= 4 is 0 Å². The molecule has 2 N–H and O–H groups in total. The maximum Gasteiger partial charge on any atom is 0.0735 e. The van der Waals surface area contributed by atoms with Crippen LogP contribution in [-0.2, 0) is 4.74 Å². The first-order chi connectivity index (χ1) is 6.78. The third kappa shape index (κ3) is 2.05. The Kier molecular flexibility index (Phi) is 2.42. The van der Waals surface area contributed by atoms with Crippen LogP contribution in [0.15, 0.2) is 0 Å². The fourth-order valence-corrected chi connectivity index (χ4v) is 4.06. The fourth-order valence-electron chi connectivity index (χ4n) is 4.06. The maximum absolute atomic E-state index is 10.5. The molecule has 2 aliphatic rings. The number of hydrogen-bond donors (Lipinski definition) is 2. The molecule has 0 aromatic rings. The van der Waals surface area contributed by atoms with Crippen LogP contribution in [0, 0.1) is 5.92 Å². The SMILES string of the molecule is COC12CC(C)CC(O)(CC(C)(O)C1)C2. The molecule has 0 aromatic carbocycles. The molecule has 2 aliphatic carbocycles. The molecule has 0 amide bonds. The monoisotopic (exact) mass is 214 g/mol. The van der Waals surface area contributed by atoms with E-state index in [1.807, 2.05) is 0 Å². The lowest BCUT2D eigenvalue weighted by atomic mass is 9.59. The highest BCUT2D eigenvalue weighted by Gasteiger charge is 2.55. The summed E-state index contributed by atoms with van der Waals surface area (Å²) in [5.74, 6) is 0.472. The third-order valence-electron chi connectivity index (χ3n) is 3.95. The molecule has 88 valence electrons. The molecule has 0 heterocycles. The van der Waals surface area contributed by atoms with E-state index >= 15 is 0 Å². The van der Waals surface area contributed by atoms with Crippen LogP contribution in [-0.4, -0.2) is 34.1 Å². The Morgan fingerprint density at radius 3 is 2.40 bits per heavy atom. The van der Waals surface area contributed by atoms with Crippen molar-refractivity contribution in [3.63, 3.8) is 0 Å². The summed E-state index contributed by atoms with van der Waals surface area (Å²) in [6, 6.07) is 0. The second-order valence-corrected chi connectivity index (χ2v) is 6.15. The van der Waals surface area contributed by atoms with Crippen LogP contribution >= 0.6 is 0 Å². The van der Waals surface area contributed by atoms with Gasteiger partial charge >= 0.3 is 0 Å². The summed E-state index contributed by atoms with van der Waals surface area (Å²) in [5.41, 5.74) is -1.83. The molecule has 3 heteroatoms. The van der Waals surface area contributed by atoms with Gasteiger partial charge in [0.15, 0.2) is 0 Å². The van der Waals surface area contributed by atoms with Crippen molar-refractivity contribution < 1.29 is 14.9 Å². The highest BCUT2D eigenvalue weighted by Crippen LogP contribution is 2.52. The molecule has 15 heavy (non-hydrogen) atoms. The molecule has 4 atom stereocenters.